The predicted molar refractivity (Wildman–Crippen MR) is 115 cm³/mol. The van der Waals surface area contributed by atoms with Crippen molar-refractivity contribution < 1.29 is 14.3 Å². The van der Waals surface area contributed by atoms with E-state index in [1.165, 1.54) is 5.01 Å². The molecule has 6 nitrogen and oxygen atoms in total. The van der Waals surface area contributed by atoms with Crippen LogP contribution in [-0.4, -0.2) is 23.4 Å². The van der Waals surface area contributed by atoms with Crippen LogP contribution in [-0.2, 0) is 4.79 Å². The second-order valence-electron chi connectivity index (χ2n) is 6.96. The summed E-state index contributed by atoms with van der Waals surface area (Å²) in [6, 6.07) is 21.8. The van der Waals surface area contributed by atoms with Crippen LogP contribution in [0.2, 0.25) is 5.02 Å². The molecule has 3 aromatic rings. The summed E-state index contributed by atoms with van der Waals surface area (Å²) in [4.78, 5) is 25.8. The van der Waals surface area contributed by atoms with Gasteiger partial charge in [0, 0.05) is 10.7 Å². The topological polar surface area (TPSA) is 70.7 Å². The second-order valence-corrected chi connectivity index (χ2v) is 7.40. The maximum atomic E-state index is 13.2. The zero-order valence-corrected chi connectivity index (χ0v) is 17.0. The lowest BCUT2D eigenvalue weighted by Gasteiger charge is -2.37. The minimum absolute atomic E-state index is 0.225. The van der Waals surface area contributed by atoms with E-state index in [0.717, 1.165) is 11.1 Å². The van der Waals surface area contributed by atoms with Crippen molar-refractivity contribution >= 4 is 29.1 Å². The first-order valence-electron chi connectivity index (χ1n) is 9.45. The van der Waals surface area contributed by atoms with Gasteiger partial charge in [0.05, 0.1) is 5.56 Å². The van der Waals surface area contributed by atoms with Crippen molar-refractivity contribution in [2.24, 2.45) is 0 Å². The number of anilines is 1. The molecule has 0 bridgehead atoms. The Bertz CT molecular complexity index is 1070. The van der Waals surface area contributed by atoms with Gasteiger partial charge < -0.3 is 10.1 Å². The number of para-hydroxylation sites is 1. The second kappa shape index (κ2) is 8.47. The van der Waals surface area contributed by atoms with E-state index in [2.05, 4.69) is 10.7 Å². The van der Waals surface area contributed by atoms with Gasteiger partial charge in [-0.2, -0.15) is 0 Å². The summed E-state index contributed by atoms with van der Waals surface area (Å²) in [5.41, 5.74) is 5.64. The number of carbonyl (C=O) groups is 2. The number of rotatable bonds is 5. The fourth-order valence-electron chi connectivity index (χ4n) is 3.21. The molecule has 30 heavy (non-hydrogen) atoms. The molecule has 1 heterocycles. The molecule has 4 rings (SSSR count). The molecule has 0 spiro atoms. The third-order valence-corrected chi connectivity index (χ3v) is 4.97. The van der Waals surface area contributed by atoms with Crippen LogP contribution >= 0.6 is 11.6 Å². The highest BCUT2D eigenvalue weighted by Gasteiger charge is 2.34. The molecule has 1 aliphatic rings. The van der Waals surface area contributed by atoms with Crippen LogP contribution in [0.1, 0.15) is 27.7 Å². The van der Waals surface area contributed by atoms with Gasteiger partial charge in [-0.3, -0.25) is 15.0 Å². The number of ether oxygens (including phenoxy) is 1. The Hall–Kier alpha value is -3.51. The van der Waals surface area contributed by atoms with Gasteiger partial charge in [0.15, 0.2) is 6.61 Å². The zero-order valence-electron chi connectivity index (χ0n) is 16.3. The number of amides is 2. The predicted octanol–water partition coefficient (Wildman–Crippen LogP) is 4.33. The molecule has 3 aromatic carbocycles. The number of hydrazine groups is 1. The number of benzene rings is 3. The maximum absolute atomic E-state index is 13.2. The number of aryl methyl sites for hydroxylation is 1. The van der Waals surface area contributed by atoms with Gasteiger partial charge in [-0.25, -0.2) is 5.01 Å². The van der Waals surface area contributed by atoms with Gasteiger partial charge >= 0.3 is 0 Å². The first kappa shape index (κ1) is 19.8. The van der Waals surface area contributed by atoms with E-state index < -0.39 is 12.1 Å². The van der Waals surface area contributed by atoms with Crippen molar-refractivity contribution in [3.05, 3.63) is 94.5 Å². The van der Waals surface area contributed by atoms with Gasteiger partial charge in [-0.1, -0.05) is 59.6 Å². The molecule has 2 N–H and O–H groups in total. The molecule has 152 valence electrons. The summed E-state index contributed by atoms with van der Waals surface area (Å²) in [6.45, 7) is 1.76. The maximum Gasteiger partial charge on any atom is 0.276 e. The molecule has 1 aliphatic heterocycles. The van der Waals surface area contributed by atoms with Crippen LogP contribution in [0.3, 0.4) is 0 Å². The van der Waals surface area contributed by atoms with Crippen LogP contribution < -0.4 is 15.5 Å². The molecule has 2 amide bonds. The molecule has 0 saturated heterocycles. The highest BCUT2D eigenvalue weighted by Crippen LogP contribution is 2.33. The van der Waals surface area contributed by atoms with Crippen LogP contribution in [0.25, 0.3) is 0 Å². The molecule has 1 atom stereocenters. The summed E-state index contributed by atoms with van der Waals surface area (Å²) in [6.07, 6.45) is -0.576. The Morgan fingerprint density at radius 2 is 1.83 bits per heavy atom. The zero-order chi connectivity index (χ0) is 21.1. The van der Waals surface area contributed by atoms with E-state index in [1.54, 1.807) is 30.3 Å². The van der Waals surface area contributed by atoms with E-state index in [9.17, 15) is 9.59 Å². The normalized spacial score (nSPS) is 15.2. The highest BCUT2D eigenvalue weighted by molar-refractivity contribution is 6.31. The lowest BCUT2D eigenvalue weighted by molar-refractivity contribution is -0.127. The van der Waals surface area contributed by atoms with Gasteiger partial charge in [-0.15, -0.1) is 0 Å². The number of nitrogens with zero attached hydrogens (tertiary/aromatic N) is 1. The number of nitrogens with one attached hydrogen (secondary N) is 2. The average molecular weight is 422 g/mol. The van der Waals surface area contributed by atoms with Crippen molar-refractivity contribution in [2.45, 2.75) is 13.1 Å². The van der Waals surface area contributed by atoms with Crippen LogP contribution in [0.15, 0.2) is 72.8 Å². The van der Waals surface area contributed by atoms with Crippen LogP contribution in [0.5, 0.6) is 5.75 Å². The number of halogens is 1. The van der Waals surface area contributed by atoms with E-state index in [4.69, 9.17) is 16.3 Å². The van der Waals surface area contributed by atoms with Crippen LogP contribution in [0, 0.1) is 6.92 Å². The molecule has 7 heteroatoms. The number of carbonyl (C=O) groups excluding carboxylic acids is 2. The third-order valence-electron chi connectivity index (χ3n) is 4.73. The molecular formula is C23H20ClN3O3. The van der Waals surface area contributed by atoms with Gasteiger partial charge in [0.2, 0.25) is 0 Å². The van der Waals surface area contributed by atoms with E-state index >= 15 is 0 Å². The molecule has 0 aliphatic carbocycles. The molecule has 0 saturated carbocycles. The summed E-state index contributed by atoms with van der Waals surface area (Å²) < 4.78 is 5.50. The van der Waals surface area contributed by atoms with Crippen LogP contribution in [0.4, 0.5) is 5.69 Å². The number of fused-ring (bicyclic) bond motifs is 1. The van der Waals surface area contributed by atoms with E-state index in [1.807, 2.05) is 49.4 Å². The quantitative estimate of drug-likeness (QED) is 0.643. The van der Waals surface area contributed by atoms with E-state index in [0.29, 0.717) is 22.0 Å². The number of hydrogen-bond acceptors (Lipinski definition) is 4. The standard InChI is InChI=1S/C23H20ClN3O3/c1-15-7-9-16(10-8-15)22-25-20-12-11-17(24)13-19(20)23(29)27(22)26-21(28)14-30-18-5-3-2-4-6-18/h2-13,22,25H,14H2,1H3,(H,26,28). The Balaban J connectivity index is 1.58. The first-order chi connectivity index (χ1) is 14.5. The third kappa shape index (κ3) is 4.23. The highest BCUT2D eigenvalue weighted by atomic mass is 35.5. The molecule has 1 unspecified atom stereocenters. The Morgan fingerprint density at radius 3 is 2.57 bits per heavy atom. The fraction of sp³-hybridized carbons (Fsp3) is 0.130. The Kier molecular flexibility index (Phi) is 5.59. The van der Waals surface area contributed by atoms with Crippen molar-refractivity contribution in [3.63, 3.8) is 0 Å². The Morgan fingerprint density at radius 1 is 1.10 bits per heavy atom. The minimum atomic E-state index is -0.576. The SMILES string of the molecule is Cc1ccc(C2Nc3ccc(Cl)cc3C(=O)N2NC(=O)COc2ccccc2)cc1. The lowest BCUT2D eigenvalue weighted by atomic mass is 10.0. The first-order valence-corrected chi connectivity index (χ1v) is 9.82. The summed E-state index contributed by atoms with van der Waals surface area (Å²) in [5, 5.41) is 5.03. The Labute approximate surface area is 179 Å². The van der Waals surface area contributed by atoms with E-state index in [-0.39, 0.29) is 12.5 Å². The van der Waals surface area contributed by atoms with Crippen molar-refractivity contribution in [3.8, 4) is 5.75 Å². The van der Waals surface area contributed by atoms with Crippen molar-refractivity contribution in [2.75, 3.05) is 11.9 Å². The monoisotopic (exact) mass is 421 g/mol. The smallest absolute Gasteiger partial charge is 0.276 e. The summed E-state index contributed by atoms with van der Waals surface area (Å²) in [5.74, 6) is -0.232. The largest absolute Gasteiger partial charge is 0.484 e. The van der Waals surface area contributed by atoms with Gasteiger partial charge in [-0.05, 0) is 42.8 Å². The summed E-state index contributed by atoms with van der Waals surface area (Å²) in [7, 11) is 0. The molecule has 0 fully saturated rings. The van der Waals surface area contributed by atoms with Gasteiger partial charge in [0.1, 0.15) is 11.9 Å². The minimum Gasteiger partial charge on any atom is -0.484 e. The van der Waals surface area contributed by atoms with Crippen molar-refractivity contribution in [1.29, 1.82) is 0 Å². The number of hydrogen-bond donors (Lipinski definition) is 2. The lowest BCUT2D eigenvalue weighted by Crippen LogP contribution is -2.53. The molecule has 0 aromatic heterocycles. The fourth-order valence-corrected chi connectivity index (χ4v) is 3.38. The molecule has 0 radical (unpaired) electrons. The van der Waals surface area contributed by atoms with Crippen molar-refractivity contribution in [1.82, 2.24) is 10.4 Å². The molecular weight excluding hydrogens is 402 g/mol. The van der Waals surface area contributed by atoms with Gasteiger partial charge in [0.25, 0.3) is 11.8 Å². The average Bonchev–Trinajstić information content (AvgIpc) is 2.76. The summed E-state index contributed by atoms with van der Waals surface area (Å²) >= 11 is 6.08.